The van der Waals surface area contributed by atoms with Gasteiger partial charge in [-0.25, -0.2) is 0 Å². The Kier molecular flexibility index (Phi) is 2.54. The molecule has 11 heavy (non-hydrogen) atoms. The fourth-order valence-corrected chi connectivity index (χ4v) is 0.335. The minimum absolute atomic E-state index is 1.03. The molecule has 0 aliphatic heterocycles. The number of H-pyrrole nitrogens is 1. The summed E-state index contributed by atoms with van der Waals surface area (Å²) in [6.07, 6.45) is 4.54. The summed E-state index contributed by atoms with van der Waals surface area (Å²) in [5.41, 5.74) is 0. The van der Waals surface area contributed by atoms with Crippen molar-refractivity contribution in [2.45, 2.75) is 0 Å². The van der Waals surface area contributed by atoms with Crippen molar-refractivity contribution in [3.63, 3.8) is 0 Å². The van der Waals surface area contributed by atoms with E-state index in [0.29, 0.717) is 0 Å². The quantitative estimate of drug-likeness (QED) is 0.432. The molecule has 0 amide bonds. The van der Waals surface area contributed by atoms with Crippen molar-refractivity contribution in [2.24, 2.45) is 0 Å². The summed E-state index contributed by atoms with van der Waals surface area (Å²) < 4.78 is 0. The lowest BCUT2D eigenvalue weighted by molar-refractivity contribution is 0.756. The number of rotatable bonds is 0. The number of nitrogens with two attached hydrogens (primary N) is 1. The van der Waals surface area contributed by atoms with Crippen LogP contribution < -0.4 is 5.84 Å². The van der Waals surface area contributed by atoms with Gasteiger partial charge >= 0.3 is 0 Å². The minimum Gasteiger partial charge on any atom is -0.320 e. The van der Waals surface area contributed by atoms with Crippen LogP contribution in [0.15, 0.2) is 18.7 Å². The number of nitrogens with zero attached hydrogens (tertiary/aromatic N) is 6. The molecule has 0 fully saturated rings. The van der Waals surface area contributed by atoms with Crippen molar-refractivity contribution in [1.29, 1.82) is 0 Å². The number of hydrogen-bond donors (Lipinski definition) is 2. The molecule has 0 unspecified atom stereocenters. The van der Waals surface area contributed by atoms with Gasteiger partial charge in [0.2, 0.25) is 0 Å². The summed E-state index contributed by atoms with van der Waals surface area (Å²) in [7, 11) is 0. The lowest BCUT2D eigenvalue weighted by Crippen LogP contribution is -2.07. The van der Waals surface area contributed by atoms with Crippen molar-refractivity contribution < 1.29 is 0 Å². The predicted octanol–water partition coefficient (Wildman–Crippen LogP) is -1.81. The molecule has 0 bridgehead atoms. The lowest BCUT2D eigenvalue weighted by atomic mass is 11.0. The summed E-state index contributed by atoms with van der Waals surface area (Å²) in [4.78, 5) is 1.03. The van der Waals surface area contributed by atoms with Crippen LogP contribution >= 0.6 is 0 Å². The highest BCUT2D eigenvalue weighted by Gasteiger charge is 1.73. The molecule has 0 aromatic carbocycles. The molecule has 0 saturated heterocycles. The van der Waals surface area contributed by atoms with E-state index in [-0.39, 0.29) is 0 Å². The van der Waals surface area contributed by atoms with E-state index in [9.17, 15) is 0 Å². The number of tetrazole rings is 1. The molecule has 2 aromatic rings. The van der Waals surface area contributed by atoms with E-state index in [0.717, 1.165) is 4.79 Å². The molecule has 58 valence electrons. The van der Waals surface area contributed by atoms with Crippen molar-refractivity contribution in [2.75, 3.05) is 5.84 Å². The van der Waals surface area contributed by atoms with E-state index in [2.05, 4.69) is 30.9 Å². The SMILES string of the molecule is Nn1cnnn1.c1c[nH]nn1. The van der Waals surface area contributed by atoms with Gasteiger partial charge in [0.05, 0.1) is 6.20 Å². The van der Waals surface area contributed by atoms with Gasteiger partial charge in [0.15, 0.2) is 6.33 Å². The molecule has 8 nitrogen and oxygen atoms in total. The molecule has 2 heterocycles. The van der Waals surface area contributed by atoms with Gasteiger partial charge in [0.25, 0.3) is 0 Å². The van der Waals surface area contributed by atoms with Crippen LogP contribution in [0.3, 0.4) is 0 Å². The fourth-order valence-electron chi connectivity index (χ4n) is 0.335. The summed E-state index contributed by atoms with van der Waals surface area (Å²) in [5.74, 6) is 4.96. The third-order valence-electron chi connectivity index (χ3n) is 0.696. The van der Waals surface area contributed by atoms with Crippen LogP contribution in [0.25, 0.3) is 0 Å². The first-order valence-corrected chi connectivity index (χ1v) is 2.68. The van der Waals surface area contributed by atoms with E-state index < -0.39 is 0 Å². The first kappa shape index (κ1) is 7.12. The second kappa shape index (κ2) is 3.93. The van der Waals surface area contributed by atoms with Crippen molar-refractivity contribution in [3.8, 4) is 0 Å². The summed E-state index contributed by atoms with van der Waals surface area (Å²) >= 11 is 0. The van der Waals surface area contributed by atoms with Crippen LogP contribution in [0.1, 0.15) is 0 Å². The molecule has 0 aliphatic rings. The lowest BCUT2D eigenvalue weighted by Gasteiger charge is -1.73. The number of aromatic nitrogens is 7. The maximum absolute atomic E-state index is 4.96. The first-order valence-electron chi connectivity index (χ1n) is 2.68. The van der Waals surface area contributed by atoms with Crippen LogP contribution in [-0.4, -0.2) is 35.7 Å². The highest BCUT2D eigenvalue weighted by Crippen LogP contribution is 1.55. The van der Waals surface area contributed by atoms with Gasteiger partial charge < -0.3 is 5.84 Å². The second-order valence-corrected chi connectivity index (χ2v) is 1.45. The molecular formula is C3H6N8. The van der Waals surface area contributed by atoms with E-state index in [1.54, 1.807) is 12.4 Å². The Labute approximate surface area is 61.4 Å². The standard InChI is InChI=1S/C2H3N3.CH3N5/c1-2-4-5-3-1;2-6-1-3-4-5-6/h1-2H,(H,3,4,5);1H,2H2. The van der Waals surface area contributed by atoms with Gasteiger partial charge in [-0.15, -0.1) is 15.0 Å². The average molecular weight is 154 g/mol. The van der Waals surface area contributed by atoms with Crippen molar-refractivity contribution in [1.82, 2.24) is 35.7 Å². The fraction of sp³-hybridized carbons (Fsp3) is 0. The highest BCUT2D eigenvalue weighted by atomic mass is 15.6. The van der Waals surface area contributed by atoms with E-state index in [1.807, 2.05) is 0 Å². The Morgan fingerprint density at radius 2 is 2.27 bits per heavy atom. The van der Waals surface area contributed by atoms with Gasteiger partial charge in [-0.05, 0) is 10.4 Å². The monoisotopic (exact) mass is 154 g/mol. The van der Waals surface area contributed by atoms with Gasteiger partial charge in [-0.2, -0.15) is 0 Å². The van der Waals surface area contributed by atoms with Crippen molar-refractivity contribution in [3.05, 3.63) is 18.7 Å². The second-order valence-electron chi connectivity index (χ2n) is 1.45. The molecule has 2 aromatic heterocycles. The molecule has 0 atom stereocenters. The zero-order valence-corrected chi connectivity index (χ0v) is 5.49. The largest absolute Gasteiger partial charge is 0.320 e. The van der Waals surface area contributed by atoms with Crippen LogP contribution in [-0.2, 0) is 0 Å². The molecule has 0 saturated carbocycles. The topological polar surface area (TPSA) is 111 Å². The molecule has 0 spiro atoms. The third-order valence-corrected chi connectivity index (χ3v) is 0.696. The molecule has 0 radical (unpaired) electrons. The van der Waals surface area contributed by atoms with E-state index >= 15 is 0 Å². The minimum atomic E-state index is 1.03. The summed E-state index contributed by atoms with van der Waals surface area (Å²) in [5, 5.41) is 19.0. The van der Waals surface area contributed by atoms with Gasteiger partial charge in [-0.3, -0.25) is 5.10 Å². The molecule has 2 rings (SSSR count). The highest BCUT2D eigenvalue weighted by molar-refractivity contribution is 4.54. The third kappa shape index (κ3) is 2.89. The summed E-state index contributed by atoms with van der Waals surface area (Å²) in [6.45, 7) is 0. The number of aromatic amines is 1. The number of hydrogen-bond acceptors (Lipinski definition) is 6. The molecule has 8 heteroatoms. The van der Waals surface area contributed by atoms with Gasteiger partial charge in [0.1, 0.15) is 0 Å². The maximum atomic E-state index is 4.96. The Morgan fingerprint density at radius 1 is 1.36 bits per heavy atom. The molecule has 3 N–H and O–H groups in total. The van der Waals surface area contributed by atoms with Gasteiger partial charge in [0, 0.05) is 6.20 Å². The number of nitrogen functional groups attached to an aromatic ring is 1. The van der Waals surface area contributed by atoms with E-state index in [1.165, 1.54) is 6.33 Å². The maximum Gasteiger partial charge on any atom is 0.161 e. The normalized spacial score (nSPS) is 8.36. The van der Waals surface area contributed by atoms with Crippen LogP contribution in [0.5, 0.6) is 0 Å². The first-order chi connectivity index (χ1) is 5.39. The van der Waals surface area contributed by atoms with Gasteiger partial charge in [-0.1, -0.05) is 5.21 Å². The van der Waals surface area contributed by atoms with E-state index in [4.69, 9.17) is 5.84 Å². The smallest absolute Gasteiger partial charge is 0.161 e. The summed E-state index contributed by atoms with van der Waals surface area (Å²) in [6, 6.07) is 0. The zero-order valence-electron chi connectivity index (χ0n) is 5.49. The zero-order chi connectivity index (χ0) is 7.94. The number of nitrogens with one attached hydrogen (secondary N) is 1. The molecular weight excluding hydrogens is 148 g/mol. The van der Waals surface area contributed by atoms with Crippen LogP contribution in [0.4, 0.5) is 0 Å². The molecule has 0 aliphatic carbocycles. The Balaban J connectivity index is 0.000000112. The van der Waals surface area contributed by atoms with Crippen LogP contribution in [0, 0.1) is 0 Å². The predicted molar refractivity (Wildman–Crippen MR) is 34.4 cm³/mol. The Hall–Kier alpha value is -1.99. The Bertz CT molecular complexity index is 227. The van der Waals surface area contributed by atoms with Crippen LogP contribution in [0.2, 0.25) is 0 Å². The Morgan fingerprint density at radius 3 is 2.45 bits per heavy atom. The van der Waals surface area contributed by atoms with Crippen molar-refractivity contribution >= 4 is 0 Å². The average Bonchev–Trinajstić information content (AvgIpc) is 2.57.